The molecule has 0 saturated heterocycles. The summed E-state index contributed by atoms with van der Waals surface area (Å²) in [6.45, 7) is 0.486. The van der Waals surface area contributed by atoms with Crippen molar-refractivity contribution in [2.45, 2.75) is 12.5 Å². The number of halogens is 2. The maximum atomic E-state index is 5.81. The van der Waals surface area contributed by atoms with Gasteiger partial charge in [-0.3, -0.25) is 0 Å². The Balaban J connectivity index is 2.07. The van der Waals surface area contributed by atoms with Gasteiger partial charge in [0.25, 0.3) is 0 Å². The van der Waals surface area contributed by atoms with E-state index in [2.05, 4.69) is 20.9 Å². The fourth-order valence-corrected chi connectivity index (χ4v) is 2.08. The molecule has 0 saturated carbocycles. The van der Waals surface area contributed by atoms with Crippen molar-refractivity contribution >= 4 is 27.5 Å². The zero-order valence-corrected chi connectivity index (χ0v) is 11.4. The first-order chi connectivity index (χ1) is 8.29. The lowest BCUT2D eigenvalue weighted by molar-refractivity contribution is 0.291. The van der Waals surface area contributed by atoms with E-state index in [0.29, 0.717) is 18.4 Å². The normalized spacial score (nSPS) is 10.2. The molecule has 0 amide bonds. The zero-order valence-electron chi connectivity index (χ0n) is 9.07. The van der Waals surface area contributed by atoms with Crippen LogP contribution in [0.1, 0.15) is 11.1 Å². The monoisotopic (exact) mass is 311 g/mol. The quantitative estimate of drug-likeness (QED) is 0.791. The smallest absolute Gasteiger partial charge is 0.218 e. The summed E-state index contributed by atoms with van der Waals surface area (Å²) < 4.78 is 6.69. The van der Waals surface area contributed by atoms with Crippen molar-refractivity contribution in [2.75, 3.05) is 0 Å². The third kappa shape index (κ3) is 3.45. The summed E-state index contributed by atoms with van der Waals surface area (Å²) >= 11 is 9.24. The first kappa shape index (κ1) is 12.4. The standard InChI is InChI=1S/C13H11BrClNO/c14-12-5-1-3-10(7-12)9-17-13-11(8-15)4-2-6-16-13/h1-7H,8-9H2. The van der Waals surface area contributed by atoms with Gasteiger partial charge in [0.1, 0.15) is 6.61 Å². The molecular formula is C13H11BrClNO. The van der Waals surface area contributed by atoms with Gasteiger partial charge in [0.05, 0.1) is 5.88 Å². The fourth-order valence-electron chi connectivity index (χ4n) is 1.43. The fraction of sp³-hybridized carbons (Fsp3) is 0.154. The van der Waals surface area contributed by atoms with Gasteiger partial charge in [-0.2, -0.15) is 0 Å². The van der Waals surface area contributed by atoms with Gasteiger partial charge in [-0.25, -0.2) is 4.98 Å². The lowest BCUT2D eigenvalue weighted by atomic mass is 10.2. The Hall–Kier alpha value is -1.06. The Kier molecular flexibility index (Phi) is 4.40. The van der Waals surface area contributed by atoms with Crippen LogP contribution in [0.15, 0.2) is 47.1 Å². The van der Waals surface area contributed by atoms with Crippen LogP contribution in [0.5, 0.6) is 5.88 Å². The Morgan fingerprint density at radius 3 is 2.88 bits per heavy atom. The Morgan fingerprint density at radius 1 is 1.24 bits per heavy atom. The van der Waals surface area contributed by atoms with Crippen LogP contribution < -0.4 is 4.74 Å². The Morgan fingerprint density at radius 2 is 2.12 bits per heavy atom. The molecule has 88 valence electrons. The summed E-state index contributed by atoms with van der Waals surface area (Å²) in [5, 5.41) is 0. The average molecular weight is 313 g/mol. The van der Waals surface area contributed by atoms with Crippen LogP contribution in [-0.2, 0) is 12.5 Å². The third-order valence-corrected chi connectivity index (χ3v) is 3.04. The molecule has 0 aliphatic heterocycles. The topological polar surface area (TPSA) is 22.1 Å². The van der Waals surface area contributed by atoms with Crippen molar-refractivity contribution in [1.29, 1.82) is 0 Å². The molecule has 0 unspecified atom stereocenters. The van der Waals surface area contributed by atoms with E-state index < -0.39 is 0 Å². The molecule has 1 aromatic carbocycles. The lowest BCUT2D eigenvalue weighted by Gasteiger charge is -2.08. The van der Waals surface area contributed by atoms with Crippen LogP contribution >= 0.6 is 27.5 Å². The molecule has 2 aromatic rings. The lowest BCUT2D eigenvalue weighted by Crippen LogP contribution is -1.99. The molecule has 0 aliphatic rings. The first-order valence-electron chi connectivity index (χ1n) is 5.16. The van der Waals surface area contributed by atoms with Gasteiger partial charge >= 0.3 is 0 Å². The van der Waals surface area contributed by atoms with Crippen LogP contribution in [-0.4, -0.2) is 4.98 Å². The van der Waals surface area contributed by atoms with Crippen LogP contribution in [0, 0.1) is 0 Å². The van der Waals surface area contributed by atoms with Crippen molar-refractivity contribution in [3.63, 3.8) is 0 Å². The van der Waals surface area contributed by atoms with Crippen LogP contribution in [0.4, 0.5) is 0 Å². The number of alkyl halides is 1. The van der Waals surface area contributed by atoms with Crippen molar-refractivity contribution in [2.24, 2.45) is 0 Å². The van der Waals surface area contributed by atoms with E-state index in [0.717, 1.165) is 15.6 Å². The summed E-state index contributed by atoms with van der Waals surface area (Å²) in [4.78, 5) is 4.17. The highest BCUT2D eigenvalue weighted by molar-refractivity contribution is 9.10. The minimum absolute atomic E-state index is 0.404. The molecular weight excluding hydrogens is 302 g/mol. The molecule has 0 fully saturated rings. The number of rotatable bonds is 4. The minimum atomic E-state index is 0.404. The van der Waals surface area contributed by atoms with Gasteiger partial charge in [0.2, 0.25) is 5.88 Å². The number of benzene rings is 1. The molecule has 0 N–H and O–H groups in total. The minimum Gasteiger partial charge on any atom is -0.473 e. The zero-order chi connectivity index (χ0) is 12.1. The molecule has 0 atom stereocenters. The molecule has 1 heterocycles. The van der Waals surface area contributed by atoms with E-state index >= 15 is 0 Å². The van der Waals surface area contributed by atoms with Crippen molar-refractivity contribution < 1.29 is 4.74 Å². The predicted octanol–water partition coefficient (Wildman–Crippen LogP) is 4.16. The third-order valence-electron chi connectivity index (χ3n) is 2.26. The second kappa shape index (κ2) is 6.03. The number of hydrogen-bond donors (Lipinski definition) is 0. The summed E-state index contributed by atoms with van der Waals surface area (Å²) in [5.41, 5.74) is 2.00. The molecule has 17 heavy (non-hydrogen) atoms. The Bertz CT molecular complexity index is 504. The van der Waals surface area contributed by atoms with Gasteiger partial charge in [-0.1, -0.05) is 34.1 Å². The van der Waals surface area contributed by atoms with Crippen LogP contribution in [0.3, 0.4) is 0 Å². The highest BCUT2D eigenvalue weighted by Gasteiger charge is 2.03. The molecule has 4 heteroatoms. The van der Waals surface area contributed by atoms with Crippen LogP contribution in [0.25, 0.3) is 0 Å². The van der Waals surface area contributed by atoms with Gasteiger partial charge in [0.15, 0.2) is 0 Å². The van der Waals surface area contributed by atoms with E-state index in [1.54, 1.807) is 6.20 Å². The second-order valence-corrected chi connectivity index (χ2v) is 4.70. The highest BCUT2D eigenvalue weighted by atomic mass is 79.9. The first-order valence-corrected chi connectivity index (χ1v) is 6.49. The number of aromatic nitrogens is 1. The molecule has 2 nitrogen and oxygen atoms in total. The summed E-state index contributed by atoms with van der Waals surface area (Å²) in [5.74, 6) is 1.00. The Labute approximate surface area is 114 Å². The molecule has 1 aromatic heterocycles. The van der Waals surface area contributed by atoms with Crippen molar-refractivity contribution in [3.8, 4) is 5.88 Å². The van der Waals surface area contributed by atoms with E-state index in [9.17, 15) is 0 Å². The molecule has 0 bridgehead atoms. The van der Waals surface area contributed by atoms with Gasteiger partial charge in [0, 0.05) is 16.2 Å². The highest BCUT2D eigenvalue weighted by Crippen LogP contribution is 2.19. The number of nitrogens with zero attached hydrogens (tertiary/aromatic N) is 1. The van der Waals surface area contributed by atoms with Gasteiger partial charge < -0.3 is 4.74 Å². The number of ether oxygens (including phenoxy) is 1. The summed E-state index contributed by atoms with van der Waals surface area (Å²) in [7, 11) is 0. The molecule has 2 rings (SSSR count). The SMILES string of the molecule is ClCc1cccnc1OCc1cccc(Br)c1. The average Bonchev–Trinajstić information content (AvgIpc) is 2.37. The van der Waals surface area contributed by atoms with Gasteiger partial charge in [-0.15, -0.1) is 11.6 Å². The van der Waals surface area contributed by atoms with Crippen molar-refractivity contribution in [1.82, 2.24) is 4.98 Å². The number of hydrogen-bond acceptors (Lipinski definition) is 2. The molecule has 0 radical (unpaired) electrons. The van der Waals surface area contributed by atoms with E-state index in [-0.39, 0.29) is 0 Å². The molecule has 0 aliphatic carbocycles. The van der Waals surface area contributed by atoms with Crippen LogP contribution in [0.2, 0.25) is 0 Å². The molecule has 0 spiro atoms. The maximum absolute atomic E-state index is 5.81. The predicted molar refractivity (Wildman–Crippen MR) is 72.3 cm³/mol. The maximum Gasteiger partial charge on any atom is 0.218 e. The number of pyridine rings is 1. The summed E-state index contributed by atoms with van der Waals surface area (Å²) in [6.07, 6.45) is 1.70. The second-order valence-electron chi connectivity index (χ2n) is 3.52. The van der Waals surface area contributed by atoms with E-state index in [1.807, 2.05) is 36.4 Å². The van der Waals surface area contributed by atoms with E-state index in [4.69, 9.17) is 16.3 Å². The largest absolute Gasteiger partial charge is 0.473 e. The van der Waals surface area contributed by atoms with E-state index in [1.165, 1.54) is 0 Å². The van der Waals surface area contributed by atoms with Gasteiger partial charge in [-0.05, 0) is 23.8 Å². The van der Waals surface area contributed by atoms with Crippen molar-refractivity contribution in [3.05, 3.63) is 58.2 Å². The summed E-state index contributed by atoms with van der Waals surface area (Å²) in [6, 6.07) is 11.7.